The highest BCUT2D eigenvalue weighted by Gasteiger charge is 2.00. The Morgan fingerprint density at radius 1 is 0.700 bits per heavy atom. The molecule has 0 unspecified atom stereocenters. The SMILES string of the molecule is C=CC(=O)O.C=CC(=O)O.OCCOc1ccc(-c2ccc(OCCO)cc2)cc1. The molecular weight excluding hydrogens is 392 g/mol. The first-order chi connectivity index (χ1) is 14.4. The maximum absolute atomic E-state index is 9.25. The van der Waals surface area contributed by atoms with Gasteiger partial charge in [0.2, 0.25) is 0 Å². The molecule has 30 heavy (non-hydrogen) atoms. The molecule has 0 heterocycles. The summed E-state index contributed by atoms with van der Waals surface area (Å²) >= 11 is 0. The Hall–Kier alpha value is -3.62. The van der Waals surface area contributed by atoms with E-state index in [4.69, 9.17) is 29.9 Å². The molecule has 8 nitrogen and oxygen atoms in total. The maximum atomic E-state index is 9.25. The van der Waals surface area contributed by atoms with Crippen LogP contribution < -0.4 is 9.47 Å². The van der Waals surface area contributed by atoms with Gasteiger partial charge in [0.25, 0.3) is 0 Å². The predicted molar refractivity (Wildman–Crippen MR) is 113 cm³/mol. The average molecular weight is 418 g/mol. The van der Waals surface area contributed by atoms with Crippen molar-refractivity contribution in [1.29, 1.82) is 0 Å². The Labute approximate surface area is 174 Å². The topological polar surface area (TPSA) is 134 Å². The van der Waals surface area contributed by atoms with E-state index in [0.717, 1.165) is 34.8 Å². The van der Waals surface area contributed by atoms with Gasteiger partial charge in [-0.15, -0.1) is 0 Å². The number of carbonyl (C=O) groups is 2. The van der Waals surface area contributed by atoms with E-state index in [1.807, 2.05) is 48.5 Å². The van der Waals surface area contributed by atoms with Crippen molar-refractivity contribution < 1.29 is 39.5 Å². The highest BCUT2D eigenvalue weighted by Crippen LogP contribution is 2.24. The second kappa shape index (κ2) is 16.3. The van der Waals surface area contributed by atoms with Gasteiger partial charge < -0.3 is 29.9 Å². The fourth-order valence-electron chi connectivity index (χ4n) is 1.81. The standard InChI is InChI=1S/C16H18O4.2C3H4O2/c17-9-11-19-15-5-1-13(2-6-15)14-3-7-16(8-4-14)20-12-10-18;2*1-2-3(4)5/h1-8,17-18H,9-12H2;2*2H,1H2,(H,4,5). The Kier molecular flexibility index (Phi) is 14.4. The summed E-state index contributed by atoms with van der Waals surface area (Å²) < 4.78 is 10.6. The molecule has 0 saturated heterocycles. The van der Waals surface area contributed by atoms with E-state index < -0.39 is 11.9 Å². The Balaban J connectivity index is 0.000000702. The van der Waals surface area contributed by atoms with E-state index in [1.165, 1.54) is 0 Å². The van der Waals surface area contributed by atoms with Crippen LogP contribution in [0.3, 0.4) is 0 Å². The van der Waals surface area contributed by atoms with Gasteiger partial charge in [0, 0.05) is 12.2 Å². The van der Waals surface area contributed by atoms with Crippen molar-refractivity contribution in [2.75, 3.05) is 26.4 Å². The zero-order valence-electron chi connectivity index (χ0n) is 16.4. The molecule has 0 spiro atoms. The number of hydrogen-bond donors (Lipinski definition) is 4. The average Bonchev–Trinajstić information content (AvgIpc) is 2.77. The third-order valence-corrected chi connectivity index (χ3v) is 3.11. The molecule has 162 valence electrons. The Morgan fingerprint density at radius 2 is 0.967 bits per heavy atom. The molecule has 8 heteroatoms. The third-order valence-electron chi connectivity index (χ3n) is 3.11. The summed E-state index contributed by atoms with van der Waals surface area (Å²) in [5.74, 6) is -0.480. The molecule has 0 saturated carbocycles. The van der Waals surface area contributed by atoms with Crippen LogP contribution in [0.25, 0.3) is 11.1 Å². The summed E-state index contributed by atoms with van der Waals surface area (Å²) in [7, 11) is 0. The van der Waals surface area contributed by atoms with Crippen LogP contribution in [0.15, 0.2) is 73.8 Å². The van der Waals surface area contributed by atoms with E-state index in [9.17, 15) is 9.59 Å². The van der Waals surface area contributed by atoms with E-state index in [0.29, 0.717) is 13.2 Å². The van der Waals surface area contributed by atoms with Gasteiger partial charge in [-0.05, 0) is 35.4 Å². The second-order valence-electron chi connectivity index (χ2n) is 5.28. The molecule has 0 aliphatic heterocycles. The number of aliphatic hydroxyl groups excluding tert-OH is 2. The first-order valence-electron chi connectivity index (χ1n) is 8.76. The largest absolute Gasteiger partial charge is 0.491 e. The number of rotatable bonds is 9. The molecule has 0 atom stereocenters. The monoisotopic (exact) mass is 418 g/mol. The molecule has 0 aliphatic rings. The summed E-state index contributed by atoms with van der Waals surface area (Å²) in [6.07, 6.45) is 1.67. The van der Waals surface area contributed by atoms with Gasteiger partial charge in [-0.1, -0.05) is 37.4 Å². The van der Waals surface area contributed by atoms with E-state index in [2.05, 4.69) is 13.2 Å². The van der Waals surface area contributed by atoms with Crippen LogP contribution in [-0.2, 0) is 9.59 Å². The molecule has 2 aromatic rings. The summed E-state index contributed by atoms with van der Waals surface area (Å²) in [4.78, 5) is 18.5. The normalized spacial score (nSPS) is 9.00. The van der Waals surface area contributed by atoms with Gasteiger partial charge in [-0.3, -0.25) is 0 Å². The third kappa shape index (κ3) is 12.7. The quantitative estimate of drug-likeness (QED) is 0.457. The Bertz CT molecular complexity index is 699. The molecule has 2 aromatic carbocycles. The molecule has 2 rings (SSSR count). The fourth-order valence-corrected chi connectivity index (χ4v) is 1.81. The van der Waals surface area contributed by atoms with E-state index in [-0.39, 0.29) is 13.2 Å². The lowest BCUT2D eigenvalue weighted by Crippen LogP contribution is -2.01. The zero-order chi connectivity index (χ0) is 22.8. The zero-order valence-corrected chi connectivity index (χ0v) is 16.4. The van der Waals surface area contributed by atoms with Crippen LogP contribution in [0.5, 0.6) is 11.5 Å². The number of hydrogen-bond acceptors (Lipinski definition) is 6. The summed E-state index contributed by atoms with van der Waals surface area (Å²) in [5, 5.41) is 32.6. The van der Waals surface area contributed by atoms with Crippen LogP contribution in [0.4, 0.5) is 0 Å². The van der Waals surface area contributed by atoms with Crippen LogP contribution in [0, 0.1) is 0 Å². The van der Waals surface area contributed by atoms with Crippen LogP contribution >= 0.6 is 0 Å². The molecule has 0 aliphatic carbocycles. The smallest absolute Gasteiger partial charge is 0.327 e. The lowest BCUT2D eigenvalue weighted by Gasteiger charge is -2.07. The first kappa shape index (κ1) is 26.4. The summed E-state index contributed by atoms with van der Waals surface area (Å²) in [6, 6.07) is 15.4. The van der Waals surface area contributed by atoms with Crippen molar-refractivity contribution in [1.82, 2.24) is 0 Å². The predicted octanol–water partition coefficient (Wildman–Crippen LogP) is 2.61. The molecular formula is C22H26O8. The highest BCUT2D eigenvalue weighted by atomic mass is 16.5. The molecule has 0 aromatic heterocycles. The number of carboxylic acids is 2. The molecule has 0 radical (unpaired) electrons. The number of carboxylic acid groups (broad SMARTS) is 2. The number of aliphatic hydroxyl groups is 2. The van der Waals surface area contributed by atoms with E-state index >= 15 is 0 Å². The minimum Gasteiger partial charge on any atom is -0.491 e. The molecule has 0 fully saturated rings. The molecule has 4 N–H and O–H groups in total. The minimum absolute atomic E-state index is 0.0110. The molecule has 0 bridgehead atoms. The van der Waals surface area contributed by atoms with Gasteiger partial charge in [0.15, 0.2) is 0 Å². The number of aliphatic carboxylic acids is 2. The molecule has 0 amide bonds. The lowest BCUT2D eigenvalue weighted by molar-refractivity contribution is -0.132. The Morgan fingerprint density at radius 3 is 1.17 bits per heavy atom. The summed E-state index contributed by atoms with van der Waals surface area (Å²) in [6.45, 7) is 6.55. The maximum Gasteiger partial charge on any atom is 0.327 e. The van der Waals surface area contributed by atoms with Crippen molar-refractivity contribution in [3.63, 3.8) is 0 Å². The fraction of sp³-hybridized carbons (Fsp3) is 0.182. The summed E-state index contributed by atoms with van der Waals surface area (Å²) in [5.41, 5.74) is 2.16. The van der Waals surface area contributed by atoms with Crippen molar-refractivity contribution in [3.05, 3.63) is 73.8 Å². The highest BCUT2D eigenvalue weighted by molar-refractivity contribution is 5.79. The van der Waals surface area contributed by atoms with Gasteiger partial charge in [0.1, 0.15) is 24.7 Å². The van der Waals surface area contributed by atoms with Gasteiger partial charge in [0.05, 0.1) is 13.2 Å². The van der Waals surface area contributed by atoms with Crippen LogP contribution in [0.2, 0.25) is 0 Å². The first-order valence-corrected chi connectivity index (χ1v) is 8.76. The van der Waals surface area contributed by atoms with Crippen molar-refractivity contribution in [2.45, 2.75) is 0 Å². The second-order valence-corrected chi connectivity index (χ2v) is 5.28. The van der Waals surface area contributed by atoms with Crippen LogP contribution in [0.1, 0.15) is 0 Å². The lowest BCUT2D eigenvalue weighted by atomic mass is 10.1. The van der Waals surface area contributed by atoms with Crippen molar-refractivity contribution in [3.8, 4) is 22.6 Å². The number of benzene rings is 2. The minimum atomic E-state index is -0.981. The van der Waals surface area contributed by atoms with Gasteiger partial charge >= 0.3 is 11.9 Å². The van der Waals surface area contributed by atoms with Crippen molar-refractivity contribution >= 4 is 11.9 Å². The number of ether oxygens (including phenoxy) is 2. The van der Waals surface area contributed by atoms with Crippen molar-refractivity contribution in [2.24, 2.45) is 0 Å². The van der Waals surface area contributed by atoms with E-state index in [1.54, 1.807) is 0 Å². The van der Waals surface area contributed by atoms with Gasteiger partial charge in [-0.2, -0.15) is 0 Å². The van der Waals surface area contributed by atoms with Gasteiger partial charge in [-0.25, -0.2) is 9.59 Å². The van der Waals surface area contributed by atoms with Crippen LogP contribution in [-0.4, -0.2) is 58.8 Å².